The number of carbonyl (C=O) groups excluding carboxylic acids is 1. The fraction of sp³-hybridized carbons (Fsp3) is 0.318. The molecule has 5 nitrogen and oxygen atoms in total. The first kappa shape index (κ1) is 19.9. The monoisotopic (exact) mass is 458 g/mol. The van der Waals surface area contributed by atoms with Crippen molar-refractivity contribution in [3.05, 3.63) is 74.1 Å². The predicted octanol–water partition coefficient (Wildman–Crippen LogP) is 4.38. The average Bonchev–Trinajstić information content (AvgIpc) is 3.54. The molecule has 0 aliphatic carbocycles. The number of rotatable bonds is 4. The second-order valence-electron chi connectivity index (χ2n) is 7.60. The third-order valence-electron chi connectivity index (χ3n) is 5.82. The molecule has 1 aromatic carbocycles. The Labute approximate surface area is 184 Å². The van der Waals surface area contributed by atoms with Crippen LogP contribution in [0.4, 0.5) is 0 Å². The topological polar surface area (TPSA) is 57.7 Å². The maximum atomic E-state index is 13.6. The minimum Gasteiger partial charge on any atom is -0.326 e. The summed E-state index contributed by atoms with van der Waals surface area (Å²) < 4.78 is 27.5. The smallest absolute Gasteiger partial charge is 0.254 e. The molecule has 1 amide bonds. The van der Waals surface area contributed by atoms with Crippen LogP contribution in [0.3, 0.4) is 0 Å². The van der Waals surface area contributed by atoms with E-state index in [2.05, 4.69) is 17.5 Å². The van der Waals surface area contributed by atoms with E-state index >= 15 is 0 Å². The molecule has 2 aromatic heterocycles. The summed E-state index contributed by atoms with van der Waals surface area (Å²) >= 11 is 3.38. The van der Waals surface area contributed by atoms with Crippen molar-refractivity contribution in [3.63, 3.8) is 0 Å². The maximum Gasteiger partial charge on any atom is 0.254 e. The van der Waals surface area contributed by atoms with Gasteiger partial charge in [0.25, 0.3) is 5.91 Å². The zero-order chi connectivity index (χ0) is 20.7. The van der Waals surface area contributed by atoms with Gasteiger partial charge in [-0.3, -0.25) is 4.79 Å². The van der Waals surface area contributed by atoms with Gasteiger partial charge in [0, 0.05) is 35.0 Å². The summed E-state index contributed by atoms with van der Waals surface area (Å²) in [5, 5.41) is 4.12. The summed E-state index contributed by atoms with van der Waals surface area (Å²) in [7, 11) is -3.56. The van der Waals surface area contributed by atoms with Crippen LogP contribution in [0.5, 0.6) is 0 Å². The summed E-state index contributed by atoms with van der Waals surface area (Å²) in [6.45, 7) is 1.72. The largest absolute Gasteiger partial charge is 0.326 e. The molecule has 5 rings (SSSR count). The normalized spacial score (nSPS) is 19.7. The molecular formula is C22H22N2O3S3. The van der Waals surface area contributed by atoms with Crippen molar-refractivity contribution in [1.29, 1.82) is 0 Å². The van der Waals surface area contributed by atoms with Gasteiger partial charge >= 0.3 is 0 Å². The van der Waals surface area contributed by atoms with Crippen molar-refractivity contribution in [2.24, 2.45) is 0 Å². The van der Waals surface area contributed by atoms with E-state index in [0.29, 0.717) is 25.2 Å². The zero-order valence-corrected chi connectivity index (χ0v) is 18.8. The van der Waals surface area contributed by atoms with Crippen molar-refractivity contribution in [3.8, 4) is 0 Å². The van der Waals surface area contributed by atoms with Gasteiger partial charge in [-0.25, -0.2) is 8.42 Å². The van der Waals surface area contributed by atoms with Crippen molar-refractivity contribution in [2.45, 2.75) is 30.2 Å². The lowest BCUT2D eigenvalue weighted by atomic mass is 9.97. The van der Waals surface area contributed by atoms with Crippen LogP contribution in [0.25, 0.3) is 0 Å². The molecule has 0 saturated carbocycles. The molecule has 156 valence electrons. The fourth-order valence-corrected chi connectivity index (χ4v) is 7.64. The molecule has 1 fully saturated rings. The molecule has 0 N–H and O–H groups in total. The Morgan fingerprint density at radius 1 is 0.967 bits per heavy atom. The van der Waals surface area contributed by atoms with Gasteiger partial charge in [0.15, 0.2) is 0 Å². The van der Waals surface area contributed by atoms with Crippen LogP contribution in [0.2, 0.25) is 0 Å². The molecule has 1 saturated heterocycles. The lowest BCUT2D eigenvalue weighted by Crippen LogP contribution is -2.39. The minimum atomic E-state index is -3.56. The van der Waals surface area contributed by atoms with Gasteiger partial charge < -0.3 is 4.90 Å². The van der Waals surface area contributed by atoms with Gasteiger partial charge in [0.05, 0.1) is 10.9 Å². The number of nitrogens with zero attached hydrogens (tertiary/aromatic N) is 2. The molecular weight excluding hydrogens is 436 g/mol. The Hall–Kier alpha value is -2.00. The minimum absolute atomic E-state index is 0.119. The molecule has 1 atom stereocenters. The van der Waals surface area contributed by atoms with Gasteiger partial charge in [-0.15, -0.1) is 22.7 Å². The van der Waals surface area contributed by atoms with E-state index in [1.807, 2.05) is 16.3 Å². The first-order valence-electron chi connectivity index (χ1n) is 10.1. The first-order chi connectivity index (χ1) is 14.6. The SMILES string of the molecule is O=C(c1cccc(S(=O)(=O)N2CCCC2)c1)N1CCc2sccc2C1c1cccs1. The van der Waals surface area contributed by atoms with Crippen molar-refractivity contribution < 1.29 is 13.2 Å². The molecule has 0 spiro atoms. The average molecular weight is 459 g/mol. The fourth-order valence-electron chi connectivity index (χ4n) is 4.32. The second kappa shape index (κ2) is 7.92. The van der Waals surface area contributed by atoms with Crippen LogP contribution in [0.1, 0.15) is 44.6 Å². The van der Waals surface area contributed by atoms with Crippen LogP contribution in [0, 0.1) is 0 Å². The molecule has 0 bridgehead atoms. The standard InChI is InChI=1S/C22H22N2O3S3/c25-22(16-5-3-6-17(15-16)30(26,27)23-10-1-2-11-23)24-12-8-19-18(9-14-29-19)21(24)20-7-4-13-28-20/h3-7,9,13-15,21H,1-2,8,10-12H2. The van der Waals surface area contributed by atoms with E-state index in [1.54, 1.807) is 46.9 Å². The molecule has 1 unspecified atom stereocenters. The van der Waals surface area contributed by atoms with E-state index in [1.165, 1.54) is 14.7 Å². The van der Waals surface area contributed by atoms with Gasteiger partial charge in [0.2, 0.25) is 10.0 Å². The van der Waals surface area contributed by atoms with Gasteiger partial charge in [-0.2, -0.15) is 4.31 Å². The first-order valence-corrected chi connectivity index (χ1v) is 13.3. The number of carbonyl (C=O) groups is 1. The van der Waals surface area contributed by atoms with E-state index < -0.39 is 10.0 Å². The highest BCUT2D eigenvalue weighted by molar-refractivity contribution is 7.89. The summed E-state index contributed by atoms with van der Waals surface area (Å²) in [6, 6.07) is 12.6. The van der Waals surface area contributed by atoms with Crippen LogP contribution in [0.15, 0.2) is 58.1 Å². The lowest BCUT2D eigenvalue weighted by molar-refractivity contribution is 0.0698. The Kier molecular flexibility index (Phi) is 5.26. The lowest BCUT2D eigenvalue weighted by Gasteiger charge is -2.35. The number of hydrogen-bond donors (Lipinski definition) is 0. The predicted molar refractivity (Wildman–Crippen MR) is 120 cm³/mol. The van der Waals surface area contributed by atoms with Gasteiger partial charge in [-0.05, 0) is 65.9 Å². The van der Waals surface area contributed by atoms with Crippen LogP contribution >= 0.6 is 22.7 Å². The van der Waals surface area contributed by atoms with Gasteiger partial charge in [-0.1, -0.05) is 12.1 Å². The molecule has 30 heavy (non-hydrogen) atoms. The third kappa shape index (κ3) is 3.41. The Bertz CT molecular complexity index is 1160. The van der Waals surface area contributed by atoms with E-state index in [0.717, 1.165) is 24.1 Å². The van der Waals surface area contributed by atoms with Gasteiger partial charge in [0.1, 0.15) is 0 Å². The summed E-state index contributed by atoms with van der Waals surface area (Å²) in [6.07, 6.45) is 2.60. The molecule has 2 aliphatic heterocycles. The quantitative estimate of drug-likeness (QED) is 0.583. The molecule has 3 aromatic rings. The maximum absolute atomic E-state index is 13.6. The number of amides is 1. The highest BCUT2D eigenvalue weighted by Gasteiger charge is 2.34. The van der Waals surface area contributed by atoms with E-state index in [4.69, 9.17) is 0 Å². The molecule has 2 aliphatic rings. The number of hydrogen-bond acceptors (Lipinski definition) is 5. The van der Waals surface area contributed by atoms with Crippen LogP contribution in [-0.2, 0) is 16.4 Å². The molecule has 8 heteroatoms. The number of sulfonamides is 1. The van der Waals surface area contributed by atoms with Crippen LogP contribution < -0.4 is 0 Å². The van der Waals surface area contributed by atoms with Crippen molar-refractivity contribution >= 4 is 38.6 Å². The summed E-state index contributed by atoms with van der Waals surface area (Å²) in [4.78, 5) is 18.1. The van der Waals surface area contributed by atoms with E-state index in [9.17, 15) is 13.2 Å². The summed E-state index contributed by atoms with van der Waals surface area (Å²) in [5.41, 5.74) is 1.61. The Balaban J connectivity index is 1.50. The molecule has 0 radical (unpaired) electrons. The van der Waals surface area contributed by atoms with Crippen LogP contribution in [-0.4, -0.2) is 43.2 Å². The van der Waals surface area contributed by atoms with Crippen molar-refractivity contribution in [2.75, 3.05) is 19.6 Å². The number of thiophene rings is 2. The zero-order valence-electron chi connectivity index (χ0n) is 16.4. The Morgan fingerprint density at radius 2 is 1.80 bits per heavy atom. The second-order valence-corrected chi connectivity index (χ2v) is 11.5. The Morgan fingerprint density at radius 3 is 2.57 bits per heavy atom. The third-order valence-corrected chi connectivity index (χ3v) is 9.64. The highest BCUT2D eigenvalue weighted by Crippen LogP contribution is 2.40. The number of fused-ring (bicyclic) bond motifs is 1. The van der Waals surface area contributed by atoms with Crippen molar-refractivity contribution in [1.82, 2.24) is 9.21 Å². The number of benzene rings is 1. The summed E-state index contributed by atoms with van der Waals surface area (Å²) in [5.74, 6) is -0.122. The van der Waals surface area contributed by atoms with E-state index in [-0.39, 0.29) is 16.8 Å². The highest BCUT2D eigenvalue weighted by atomic mass is 32.2. The molecule has 4 heterocycles.